The molecular weight excluding hydrogens is 255 g/mol. The molecule has 74 valence electrons. The molecule has 0 rings (SSSR count). The summed E-state index contributed by atoms with van der Waals surface area (Å²) in [7, 11) is -1.89. The van der Waals surface area contributed by atoms with Crippen molar-refractivity contribution < 1.29 is 33.7 Å². The van der Waals surface area contributed by atoms with Gasteiger partial charge in [0.05, 0.1) is 0 Å². The normalized spacial score (nSPS) is 14.0. The maximum absolute atomic E-state index is 9.38. The molecule has 0 aromatic rings. The predicted octanol–water partition coefficient (Wildman–Crippen LogP) is 1.06. The van der Waals surface area contributed by atoms with Gasteiger partial charge in [-0.1, -0.05) is 0 Å². The summed E-state index contributed by atoms with van der Waals surface area (Å²) < 4.78 is 28.9. The van der Waals surface area contributed by atoms with Gasteiger partial charge in [0.15, 0.2) is 0 Å². The first-order valence-corrected chi connectivity index (χ1v) is 11.6. The van der Waals surface area contributed by atoms with Crippen LogP contribution in [-0.2, 0) is 27.3 Å². The number of hydrogen-bond acceptors (Lipinski definition) is 4. The summed E-state index contributed by atoms with van der Waals surface area (Å²) in [5.41, 5.74) is 0. The molecule has 0 fully saturated rings. The summed E-state index contributed by atoms with van der Waals surface area (Å²) in [5.74, 6) is 0. The molecule has 0 radical (unpaired) electrons. The molecule has 6 heteroatoms. The van der Waals surface area contributed by atoms with Crippen molar-refractivity contribution in [3.63, 3.8) is 0 Å². The van der Waals surface area contributed by atoms with E-state index in [4.69, 9.17) is 5.32 Å². The molecule has 0 aliphatic carbocycles. The van der Waals surface area contributed by atoms with Crippen molar-refractivity contribution in [1.29, 1.82) is 0 Å². The zero-order chi connectivity index (χ0) is 9.99. The van der Waals surface area contributed by atoms with Gasteiger partial charge in [0.2, 0.25) is 0 Å². The van der Waals surface area contributed by atoms with Gasteiger partial charge in [-0.15, -0.1) is 0 Å². The van der Waals surface area contributed by atoms with Gasteiger partial charge >= 0.3 is 81.6 Å². The molecule has 0 saturated carbocycles. The molecule has 0 saturated heterocycles. The van der Waals surface area contributed by atoms with Crippen molar-refractivity contribution in [2.24, 2.45) is 0 Å². The SMILES string of the molecule is CC(C)[O][Zr]([OH])([OH])[O][Si](C)(C)C. The van der Waals surface area contributed by atoms with Crippen LogP contribution in [0.3, 0.4) is 0 Å². The summed E-state index contributed by atoms with van der Waals surface area (Å²) in [4.78, 5) is 0. The molecule has 0 aliphatic heterocycles. The Kier molecular flexibility index (Phi) is 4.79. The Morgan fingerprint density at radius 1 is 1.17 bits per heavy atom. The second-order valence-electron chi connectivity index (χ2n) is 3.93. The number of rotatable bonds is 4. The Morgan fingerprint density at radius 3 is 1.83 bits per heavy atom. The molecule has 0 aliphatic rings. The van der Waals surface area contributed by atoms with Crippen LogP contribution >= 0.6 is 0 Å². The van der Waals surface area contributed by atoms with E-state index in [1.54, 1.807) is 13.8 Å². The van der Waals surface area contributed by atoms with Crippen LogP contribution in [0, 0.1) is 0 Å². The molecule has 0 unspecified atom stereocenters. The van der Waals surface area contributed by atoms with Crippen molar-refractivity contribution in [2.45, 2.75) is 39.6 Å². The van der Waals surface area contributed by atoms with E-state index in [2.05, 4.69) is 0 Å². The monoisotopic (exact) mass is 272 g/mol. The molecule has 0 bridgehead atoms. The zero-order valence-corrected chi connectivity index (χ0v) is 11.7. The van der Waals surface area contributed by atoms with Crippen molar-refractivity contribution >= 4 is 8.32 Å². The molecule has 2 N–H and O–H groups in total. The third-order valence-electron chi connectivity index (χ3n) is 0.828. The molecule has 0 aromatic heterocycles. The van der Waals surface area contributed by atoms with Gasteiger partial charge in [-0.3, -0.25) is 0 Å². The first-order chi connectivity index (χ1) is 5.12. The fraction of sp³-hybridized carbons (Fsp3) is 1.00. The average molecular weight is 274 g/mol. The summed E-state index contributed by atoms with van der Waals surface area (Å²) >= 11 is -4.56. The molecule has 0 aromatic carbocycles. The van der Waals surface area contributed by atoms with Gasteiger partial charge in [-0.05, 0) is 0 Å². The zero-order valence-electron chi connectivity index (χ0n) is 8.29. The van der Waals surface area contributed by atoms with E-state index >= 15 is 0 Å². The third kappa shape index (κ3) is 7.58. The molecule has 12 heavy (non-hydrogen) atoms. The average Bonchev–Trinajstić information content (AvgIpc) is 1.48. The van der Waals surface area contributed by atoms with Crippen LogP contribution in [0.1, 0.15) is 13.8 Å². The Labute approximate surface area is 81.5 Å². The van der Waals surface area contributed by atoms with Crippen molar-refractivity contribution in [1.82, 2.24) is 0 Å². The second kappa shape index (κ2) is 4.44. The van der Waals surface area contributed by atoms with E-state index in [0.717, 1.165) is 0 Å². The van der Waals surface area contributed by atoms with Crippen LogP contribution in [0.5, 0.6) is 0 Å². The van der Waals surface area contributed by atoms with Crippen LogP contribution in [0.15, 0.2) is 0 Å². The van der Waals surface area contributed by atoms with Crippen LogP contribution in [0.2, 0.25) is 19.6 Å². The molecule has 0 heterocycles. The van der Waals surface area contributed by atoms with Gasteiger partial charge in [-0.2, -0.15) is 0 Å². The van der Waals surface area contributed by atoms with Crippen LogP contribution in [0.4, 0.5) is 0 Å². The van der Waals surface area contributed by atoms with E-state index in [1.165, 1.54) is 0 Å². The van der Waals surface area contributed by atoms with Crippen LogP contribution < -0.4 is 0 Å². The Hall–Kier alpha value is 0.940. The van der Waals surface area contributed by atoms with Gasteiger partial charge in [0.25, 0.3) is 0 Å². The van der Waals surface area contributed by atoms with Gasteiger partial charge in [0, 0.05) is 0 Å². The van der Waals surface area contributed by atoms with Crippen LogP contribution in [0.25, 0.3) is 0 Å². The first kappa shape index (κ1) is 12.9. The van der Waals surface area contributed by atoms with E-state index in [9.17, 15) is 6.37 Å². The Morgan fingerprint density at radius 2 is 1.58 bits per heavy atom. The van der Waals surface area contributed by atoms with Crippen LogP contribution in [-0.4, -0.2) is 20.8 Å². The minimum absolute atomic E-state index is 0.188. The van der Waals surface area contributed by atoms with E-state index in [-0.39, 0.29) is 6.10 Å². The molecule has 0 atom stereocenters. The quantitative estimate of drug-likeness (QED) is 0.752. The van der Waals surface area contributed by atoms with Crippen molar-refractivity contribution in [2.75, 3.05) is 0 Å². The topological polar surface area (TPSA) is 58.9 Å². The summed E-state index contributed by atoms with van der Waals surface area (Å²) in [6.07, 6.45) is -0.188. The number of hydrogen-bond donors (Lipinski definition) is 2. The Balaban J connectivity index is 4.04. The van der Waals surface area contributed by atoms with Gasteiger partial charge < -0.3 is 0 Å². The van der Waals surface area contributed by atoms with Gasteiger partial charge in [0.1, 0.15) is 0 Å². The molecular formula is C6H18O4SiZr. The first-order valence-electron chi connectivity index (χ1n) is 3.95. The minimum atomic E-state index is -4.56. The molecule has 4 nitrogen and oxygen atoms in total. The fourth-order valence-corrected chi connectivity index (χ4v) is 9.32. The van der Waals surface area contributed by atoms with Crippen molar-refractivity contribution in [3.8, 4) is 0 Å². The summed E-state index contributed by atoms with van der Waals surface area (Å²) in [6.45, 7) is 9.20. The third-order valence-corrected chi connectivity index (χ3v) is 10.1. The standard InChI is InChI=1S/C3H9OSi.C3H7O.2H2O.Zr/c1-5(2,3)4;1-3(2)4;;;/h1-3H3;3H,1-2H3;2*1H2;/q2*-1;;;+4/p-2. The predicted molar refractivity (Wildman–Crippen MR) is 45.1 cm³/mol. The summed E-state index contributed by atoms with van der Waals surface area (Å²) in [6, 6.07) is 0. The van der Waals surface area contributed by atoms with E-state index in [1.807, 2.05) is 19.6 Å². The summed E-state index contributed by atoms with van der Waals surface area (Å²) in [5, 5.41) is 0. The van der Waals surface area contributed by atoms with Crippen molar-refractivity contribution in [3.05, 3.63) is 0 Å². The molecule has 0 spiro atoms. The van der Waals surface area contributed by atoms with E-state index < -0.39 is 30.3 Å². The van der Waals surface area contributed by atoms with Gasteiger partial charge in [-0.25, -0.2) is 0 Å². The second-order valence-corrected chi connectivity index (χ2v) is 13.1. The molecule has 0 amide bonds. The Bertz CT molecular complexity index is 143. The maximum atomic E-state index is 9.38. The van der Waals surface area contributed by atoms with E-state index in [0.29, 0.717) is 0 Å². The fourth-order valence-electron chi connectivity index (χ4n) is 0.730.